The molecule has 5 heteroatoms. The van der Waals surface area contributed by atoms with Crippen molar-refractivity contribution < 1.29 is 9.90 Å². The van der Waals surface area contributed by atoms with Crippen LogP contribution in [0.1, 0.15) is 25.8 Å². The molecule has 0 saturated carbocycles. The quantitative estimate of drug-likeness (QED) is 0.924. The molecule has 2 heterocycles. The Balaban J connectivity index is 2.40. The SMILES string of the molecule is Cc1sc(C(=O)O)cc1Cn1c(C)cccc1=O. The van der Waals surface area contributed by atoms with Crippen molar-refractivity contribution in [3.05, 3.63) is 55.6 Å². The average Bonchev–Trinajstić information content (AvgIpc) is 2.66. The van der Waals surface area contributed by atoms with Gasteiger partial charge in [0.2, 0.25) is 0 Å². The zero-order chi connectivity index (χ0) is 13.3. The van der Waals surface area contributed by atoms with Gasteiger partial charge < -0.3 is 9.67 Å². The smallest absolute Gasteiger partial charge is 0.345 e. The summed E-state index contributed by atoms with van der Waals surface area (Å²) in [4.78, 5) is 23.9. The van der Waals surface area contributed by atoms with Crippen LogP contribution in [-0.4, -0.2) is 15.6 Å². The maximum absolute atomic E-state index is 11.7. The molecule has 94 valence electrons. The molecule has 0 spiro atoms. The first-order chi connectivity index (χ1) is 8.49. The number of carboxylic acid groups (broad SMARTS) is 1. The molecule has 2 aromatic heterocycles. The Labute approximate surface area is 108 Å². The highest BCUT2D eigenvalue weighted by Crippen LogP contribution is 2.22. The van der Waals surface area contributed by atoms with Gasteiger partial charge in [0.25, 0.3) is 5.56 Å². The lowest BCUT2D eigenvalue weighted by atomic mass is 10.2. The molecule has 0 amide bonds. The Morgan fingerprint density at radius 3 is 2.67 bits per heavy atom. The first kappa shape index (κ1) is 12.6. The number of aromatic nitrogens is 1. The van der Waals surface area contributed by atoms with E-state index in [-0.39, 0.29) is 5.56 Å². The summed E-state index contributed by atoms with van der Waals surface area (Å²) in [6, 6.07) is 6.73. The molecule has 0 fully saturated rings. The molecule has 0 atom stereocenters. The molecular weight excluding hydrogens is 250 g/mol. The van der Waals surface area contributed by atoms with Crippen molar-refractivity contribution in [2.75, 3.05) is 0 Å². The molecule has 2 rings (SSSR count). The molecule has 0 saturated heterocycles. The lowest BCUT2D eigenvalue weighted by Gasteiger charge is -2.08. The molecule has 0 radical (unpaired) electrons. The van der Waals surface area contributed by atoms with E-state index in [4.69, 9.17) is 5.11 Å². The van der Waals surface area contributed by atoms with E-state index in [1.165, 1.54) is 17.4 Å². The van der Waals surface area contributed by atoms with Gasteiger partial charge in [0.1, 0.15) is 4.88 Å². The van der Waals surface area contributed by atoms with Crippen LogP contribution in [0.3, 0.4) is 0 Å². The highest BCUT2D eigenvalue weighted by molar-refractivity contribution is 7.14. The molecule has 4 nitrogen and oxygen atoms in total. The second kappa shape index (κ2) is 4.78. The van der Waals surface area contributed by atoms with E-state index < -0.39 is 5.97 Å². The Hall–Kier alpha value is -1.88. The van der Waals surface area contributed by atoms with Crippen LogP contribution in [-0.2, 0) is 6.54 Å². The lowest BCUT2D eigenvalue weighted by Crippen LogP contribution is -2.21. The van der Waals surface area contributed by atoms with E-state index in [2.05, 4.69) is 0 Å². The molecule has 2 aromatic rings. The molecular formula is C13H13NO3S. The van der Waals surface area contributed by atoms with Crippen LogP contribution < -0.4 is 5.56 Å². The Morgan fingerprint density at radius 1 is 1.39 bits per heavy atom. The topological polar surface area (TPSA) is 59.3 Å². The summed E-state index contributed by atoms with van der Waals surface area (Å²) >= 11 is 1.24. The van der Waals surface area contributed by atoms with Gasteiger partial charge in [-0.2, -0.15) is 0 Å². The number of thiophene rings is 1. The number of pyridine rings is 1. The summed E-state index contributed by atoms with van der Waals surface area (Å²) in [7, 11) is 0. The number of carboxylic acids is 1. The maximum atomic E-state index is 11.7. The summed E-state index contributed by atoms with van der Waals surface area (Å²) in [5.41, 5.74) is 1.68. The number of carbonyl (C=O) groups is 1. The van der Waals surface area contributed by atoms with Gasteiger partial charge in [-0.3, -0.25) is 4.79 Å². The van der Waals surface area contributed by atoms with Crippen LogP contribution in [0.5, 0.6) is 0 Å². The lowest BCUT2D eigenvalue weighted by molar-refractivity contribution is 0.0702. The van der Waals surface area contributed by atoms with Crippen molar-refractivity contribution >= 4 is 17.3 Å². The zero-order valence-corrected chi connectivity index (χ0v) is 11.0. The molecule has 0 aliphatic heterocycles. The summed E-state index contributed by atoms with van der Waals surface area (Å²) in [5.74, 6) is -0.925. The summed E-state index contributed by atoms with van der Waals surface area (Å²) < 4.78 is 1.64. The van der Waals surface area contributed by atoms with E-state index in [0.29, 0.717) is 11.4 Å². The van der Waals surface area contributed by atoms with Gasteiger partial charge in [-0.1, -0.05) is 6.07 Å². The number of hydrogen-bond donors (Lipinski definition) is 1. The van der Waals surface area contributed by atoms with Crippen molar-refractivity contribution in [1.82, 2.24) is 4.57 Å². The fourth-order valence-electron chi connectivity index (χ4n) is 1.78. The van der Waals surface area contributed by atoms with E-state index in [9.17, 15) is 9.59 Å². The standard InChI is InChI=1S/C13H13NO3S/c1-8-4-3-5-12(15)14(8)7-10-6-11(13(16)17)18-9(10)2/h3-6H,7H2,1-2H3,(H,16,17). The second-order valence-corrected chi connectivity index (χ2v) is 5.35. The van der Waals surface area contributed by atoms with Crippen molar-refractivity contribution in [2.24, 2.45) is 0 Å². The monoisotopic (exact) mass is 263 g/mol. The minimum atomic E-state index is -0.925. The number of hydrogen-bond acceptors (Lipinski definition) is 3. The normalized spacial score (nSPS) is 10.6. The number of rotatable bonds is 3. The first-order valence-electron chi connectivity index (χ1n) is 5.48. The molecule has 0 aromatic carbocycles. The third-order valence-electron chi connectivity index (χ3n) is 2.83. The molecule has 0 aliphatic carbocycles. The molecule has 1 N–H and O–H groups in total. The zero-order valence-electron chi connectivity index (χ0n) is 10.1. The van der Waals surface area contributed by atoms with Crippen LogP contribution in [0.2, 0.25) is 0 Å². The summed E-state index contributed by atoms with van der Waals surface area (Å²) in [6.07, 6.45) is 0. The Kier molecular flexibility index (Phi) is 3.34. The molecule has 0 unspecified atom stereocenters. The van der Waals surface area contributed by atoms with Crippen molar-refractivity contribution in [3.8, 4) is 0 Å². The maximum Gasteiger partial charge on any atom is 0.345 e. The molecule has 18 heavy (non-hydrogen) atoms. The van der Waals surface area contributed by atoms with Gasteiger partial charge in [-0.15, -0.1) is 11.3 Å². The van der Waals surface area contributed by atoms with Crippen LogP contribution >= 0.6 is 11.3 Å². The van der Waals surface area contributed by atoms with E-state index in [1.807, 2.05) is 19.9 Å². The van der Waals surface area contributed by atoms with Crippen LogP contribution in [0.15, 0.2) is 29.1 Å². The minimum Gasteiger partial charge on any atom is -0.477 e. The Morgan fingerprint density at radius 2 is 2.11 bits per heavy atom. The second-order valence-electron chi connectivity index (χ2n) is 4.09. The van der Waals surface area contributed by atoms with E-state index >= 15 is 0 Å². The number of aryl methyl sites for hydroxylation is 2. The molecule has 0 aliphatic rings. The van der Waals surface area contributed by atoms with Gasteiger partial charge >= 0.3 is 5.97 Å². The largest absolute Gasteiger partial charge is 0.477 e. The van der Waals surface area contributed by atoms with Gasteiger partial charge in [-0.05, 0) is 31.5 Å². The predicted octanol–water partition coefficient (Wildman–Crippen LogP) is 2.27. The number of nitrogens with zero attached hydrogens (tertiary/aromatic N) is 1. The number of aromatic carboxylic acids is 1. The van der Waals surface area contributed by atoms with Crippen molar-refractivity contribution in [3.63, 3.8) is 0 Å². The fraction of sp³-hybridized carbons (Fsp3) is 0.231. The van der Waals surface area contributed by atoms with Crippen LogP contribution in [0.4, 0.5) is 0 Å². The highest BCUT2D eigenvalue weighted by atomic mass is 32.1. The van der Waals surface area contributed by atoms with E-state index in [0.717, 1.165) is 16.1 Å². The van der Waals surface area contributed by atoms with Gasteiger partial charge in [0, 0.05) is 16.6 Å². The van der Waals surface area contributed by atoms with E-state index in [1.54, 1.807) is 16.7 Å². The van der Waals surface area contributed by atoms with Crippen molar-refractivity contribution in [1.29, 1.82) is 0 Å². The van der Waals surface area contributed by atoms with Crippen LogP contribution in [0, 0.1) is 13.8 Å². The first-order valence-corrected chi connectivity index (χ1v) is 6.29. The minimum absolute atomic E-state index is 0.0718. The third-order valence-corrected chi connectivity index (χ3v) is 3.91. The summed E-state index contributed by atoms with van der Waals surface area (Å²) in [5, 5.41) is 8.94. The van der Waals surface area contributed by atoms with Crippen LogP contribution in [0.25, 0.3) is 0 Å². The molecule has 0 bridgehead atoms. The predicted molar refractivity (Wildman–Crippen MR) is 70.6 cm³/mol. The van der Waals surface area contributed by atoms with Gasteiger partial charge in [0.05, 0.1) is 6.54 Å². The van der Waals surface area contributed by atoms with Gasteiger partial charge in [-0.25, -0.2) is 4.79 Å². The fourth-order valence-corrected chi connectivity index (χ4v) is 2.65. The van der Waals surface area contributed by atoms with Crippen molar-refractivity contribution in [2.45, 2.75) is 20.4 Å². The Bertz CT molecular complexity index is 654. The van der Waals surface area contributed by atoms with Gasteiger partial charge in [0.15, 0.2) is 0 Å². The highest BCUT2D eigenvalue weighted by Gasteiger charge is 2.12. The summed E-state index contributed by atoms with van der Waals surface area (Å²) in [6.45, 7) is 4.15. The third kappa shape index (κ3) is 2.36. The average molecular weight is 263 g/mol.